The molecule has 2 N–H and O–H groups in total. The topological polar surface area (TPSA) is 79.9 Å². The Kier molecular flexibility index (Phi) is 4.99. The predicted octanol–water partition coefficient (Wildman–Crippen LogP) is 2.92. The quantitative estimate of drug-likeness (QED) is 0.784. The number of fused-ring (bicyclic) bond motifs is 1. The SMILES string of the molecule is Cc1ccc(NS(=O)(=O)c2cccc3c2OC(F)(F)O3)cc1N1CCCNCC1. The Labute approximate surface area is 167 Å². The molecule has 1 fully saturated rings. The van der Waals surface area contributed by atoms with Crippen molar-refractivity contribution in [3.63, 3.8) is 0 Å². The highest BCUT2D eigenvalue weighted by molar-refractivity contribution is 7.92. The van der Waals surface area contributed by atoms with Gasteiger partial charge in [0.1, 0.15) is 4.90 Å². The number of alkyl halides is 2. The van der Waals surface area contributed by atoms with E-state index in [1.807, 2.05) is 13.0 Å². The zero-order valence-electron chi connectivity index (χ0n) is 15.7. The van der Waals surface area contributed by atoms with Crippen LogP contribution in [0.4, 0.5) is 20.2 Å². The number of anilines is 2. The lowest BCUT2D eigenvalue weighted by Crippen LogP contribution is -2.28. The molecule has 0 aromatic heterocycles. The van der Waals surface area contributed by atoms with Crippen LogP contribution in [0.2, 0.25) is 0 Å². The van der Waals surface area contributed by atoms with Gasteiger partial charge in [-0.3, -0.25) is 4.72 Å². The molecule has 2 aromatic rings. The van der Waals surface area contributed by atoms with E-state index in [2.05, 4.69) is 24.4 Å². The molecule has 0 amide bonds. The van der Waals surface area contributed by atoms with Crippen LogP contribution >= 0.6 is 0 Å². The van der Waals surface area contributed by atoms with E-state index in [1.54, 1.807) is 12.1 Å². The number of para-hydroxylation sites is 1. The van der Waals surface area contributed by atoms with E-state index < -0.39 is 27.0 Å². The zero-order valence-corrected chi connectivity index (χ0v) is 16.6. The van der Waals surface area contributed by atoms with Crippen LogP contribution in [0.5, 0.6) is 11.5 Å². The van der Waals surface area contributed by atoms with Crippen LogP contribution < -0.4 is 24.4 Å². The summed E-state index contributed by atoms with van der Waals surface area (Å²) in [7, 11) is -4.18. The number of benzene rings is 2. The van der Waals surface area contributed by atoms with Crippen LogP contribution in [0, 0.1) is 6.92 Å². The Hall–Kier alpha value is -2.59. The average molecular weight is 425 g/mol. The molecule has 2 aliphatic rings. The van der Waals surface area contributed by atoms with E-state index >= 15 is 0 Å². The molecule has 29 heavy (non-hydrogen) atoms. The van der Waals surface area contributed by atoms with Gasteiger partial charge in [0.25, 0.3) is 10.0 Å². The van der Waals surface area contributed by atoms with Crippen molar-refractivity contribution < 1.29 is 26.7 Å². The summed E-state index contributed by atoms with van der Waals surface area (Å²) in [4.78, 5) is 1.79. The molecule has 0 unspecified atom stereocenters. The first-order valence-corrected chi connectivity index (χ1v) is 10.7. The Bertz CT molecular complexity index is 1020. The van der Waals surface area contributed by atoms with E-state index in [-0.39, 0.29) is 5.75 Å². The molecule has 0 saturated carbocycles. The van der Waals surface area contributed by atoms with E-state index in [4.69, 9.17) is 0 Å². The number of nitrogens with one attached hydrogen (secondary N) is 2. The van der Waals surface area contributed by atoms with Gasteiger partial charge < -0.3 is 19.7 Å². The Morgan fingerprint density at radius 3 is 2.79 bits per heavy atom. The zero-order chi connectivity index (χ0) is 20.6. The smallest absolute Gasteiger partial charge is 0.395 e. The highest BCUT2D eigenvalue weighted by Crippen LogP contribution is 2.45. The van der Waals surface area contributed by atoms with Crippen molar-refractivity contribution in [1.29, 1.82) is 0 Å². The van der Waals surface area contributed by atoms with Crippen molar-refractivity contribution in [2.45, 2.75) is 24.5 Å². The van der Waals surface area contributed by atoms with Gasteiger partial charge in [0, 0.05) is 25.3 Å². The van der Waals surface area contributed by atoms with E-state index in [0.29, 0.717) is 5.69 Å². The second-order valence-corrected chi connectivity index (χ2v) is 8.60. The molecule has 156 valence electrons. The Balaban J connectivity index is 1.63. The fourth-order valence-electron chi connectivity index (χ4n) is 3.47. The van der Waals surface area contributed by atoms with E-state index in [0.717, 1.165) is 43.9 Å². The molecule has 1 saturated heterocycles. The molecular formula is C19H21F2N3O4S. The monoisotopic (exact) mass is 425 g/mol. The van der Waals surface area contributed by atoms with Gasteiger partial charge in [0.2, 0.25) is 0 Å². The summed E-state index contributed by atoms with van der Waals surface area (Å²) in [5.41, 5.74) is 2.29. The molecule has 2 heterocycles. The number of hydrogen-bond donors (Lipinski definition) is 2. The maximum atomic E-state index is 13.4. The summed E-state index contributed by atoms with van der Waals surface area (Å²) >= 11 is 0. The number of aryl methyl sites for hydroxylation is 1. The predicted molar refractivity (Wildman–Crippen MR) is 104 cm³/mol. The van der Waals surface area contributed by atoms with Crippen LogP contribution in [0.1, 0.15) is 12.0 Å². The van der Waals surface area contributed by atoms with Crippen molar-refractivity contribution in [1.82, 2.24) is 5.32 Å². The first kappa shape index (κ1) is 19.7. The molecule has 7 nitrogen and oxygen atoms in total. The molecule has 0 spiro atoms. The minimum absolute atomic E-state index is 0.320. The maximum absolute atomic E-state index is 13.4. The molecule has 4 rings (SSSR count). The molecule has 0 radical (unpaired) electrons. The fourth-order valence-corrected chi connectivity index (χ4v) is 4.66. The van der Waals surface area contributed by atoms with Crippen molar-refractivity contribution in [2.75, 3.05) is 35.8 Å². The highest BCUT2D eigenvalue weighted by Gasteiger charge is 2.46. The van der Waals surface area contributed by atoms with Gasteiger partial charge in [-0.05, 0) is 49.7 Å². The lowest BCUT2D eigenvalue weighted by molar-refractivity contribution is -0.287. The second-order valence-electron chi connectivity index (χ2n) is 6.95. The second kappa shape index (κ2) is 7.34. The third-order valence-corrected chi connectivity index (χ3v) is 6.23. The third-order valence-electron chi connectivity index (χ3n) is 4.82. The molecule has 10 heteroatoms. The molecule has 0 aliphatic carbocycles. The van der Waals surface area contributed by atoms with Crippen molar-refractivity contribution >= 4 is 21.4 Å². The number of ether oxygens (including phenoxy) is 2. The normalized spacial score (nSPS) is 18.4. The minimum Gasteiger partial charge on any atom is -0.395 e. The average Bonchev–Trinajstić information content (AvgIpc) is 2.82. The fraction of sp³-hybridized carbons (Fsp3) is 0.368. The lowest BCUT2D eigenvalue weighted by atomic mass is 10.1. The number of sulfonamides is 1. The third kappa shape index (κ3) is 4.08. The number of nitrogens with zero attached hydrogens (tertiary/aromatic N) is 1. The number of halogens is 2. The summed E-state index contributed by atoms with van der Waals surface area (Å²) in [6.45, 7) is 5.41. The summed E-state index contributed by atoms with van der Waals surface area (Å²) < 4.78 is 63.8. The summed E-state index contributed by atoms with van der Waals surface area (Å²) in [5, 5.41) is 3.33. The lowest BCUT2D eigenvalue weighted by Gasteiger charge is -2.25. The standard InChI is InChI=1S/C19H21F2N3O4S/c1-13-6-7-14(12-15(13)24-10-3-8-22-9-11-24)23-29(25,26)17-5-2-4-16-18(17)28-19(20,21)27-16/h2,4-7,12,22-23H,3,8-11H2,1H3. The van der Waals surface area contributed by atoms with Gasteiger partial charge >= 0.3 is 6.29 Å². The number of hydrogen-bond acceptors (Lipinski definition) is 6. The first-order chi connectivity index (χ1) is 13.8. The summed E-state index contributed by atoms with van der Waals surface area (Å²) in [6, 6.07) is 8.97. The van der Waals surface area contributed by atoms with E-state index in [9.17, 15) is 17.2 Å². The van der Waals surface area contributed by atoms with Gasteiger partial charge in [-0.25, -0.2) is 8.42 Å². The van der Waals surface area contributed by atoms with Crippen molar-refractivity contribution in [3.8, 4) is 11.5 Å². The van der Waals surface area contributed by atoms with Crippen molar-refractivity contribution in [3.05, 3.63) is 42.0 Å². The van der Waals surface area contributed by atoms with Crippen LogP contribution in [0.15, 0.2) is 41.3 Å². The first-order valence-electron chi connectivity index (χ1n) is 9.23. The van der Waals surface area contributed by atoms with Gasteiger partial charge in [-0.2, -0.15) is 0 Å². The number of rotatable bonds is 4. The highest BCUT2D eigenvalue weighted by atomic mass is 32.2. The summed E-state index contributed by atoms with van der Waals surface area (Å²) in [6.07, 6.45) is -2.91. The van der Waals surface area contributed by atoms with Gasteiger partial charge in [-0.15, -0.1) is 8.78 Å². The Morgan fingerprint density at radius 2 is 1.97 bits per heavy atom. The summed E-state index contributed by atoms with van der Waals surface area (Å²) in [5.74, 6) is -0.824. The molecule has 0 bridgehead atoms. The van der Waals surface area contributed by atoms with Gasteiger partial charge in [-0.1, -0.05) is 12.1 Å². The van der Waals surface area contributed by atoms with Crippen LogP contribution in [-0.2, 0) is 10.0 Å². The van der Waals surface area contributed by atoms with E-state index in [1.165, 1.54) is 18.2 Å². The Morgan fingerprint density at radius 1 is 1.14 bits per heavy atom. The van der Waals surface area contributed by atoms with Crippen LogP contribution in [0.25, 0.3) is 0 Å². The largest absolute Gasteiger partial charge is 0.586 e. The molecule has 2 aromatic carbocycles. The van der Waals surface area contributed by atoms with Gasteiger partial charge in [0.05, 0.1) is 5.69 Å². The minimum atomic E-state index is -4.18. The molecular weight excluding hydrogens is 404 g/mol. The van der Waals surface area contributed by atoms with Gasteiger partial charge in [0.15, 0.2) is 11.5 Å². The van der Waals surface area contributed by atoms with Crippen LogP contribution in [0.3, 0.4) is 0 Å². The molecule has 2 aliphatic heterocycles. The van der Waals surface area contributed by atoms with Crippen LogP contribution in [-0.4, -0.2) is 40.9 Å². The molecule has 0 atom stereocenters. The maximum Gasteiger partial charge on any atom is 0.586 e. The van der Waals surface area contributed by atoms with Crippen molar-refractivity contribution in [2.24, 2.45) is 0 Å².